The molecule has 118 valence electrons. The summed E-state index contributed by atoms with van der Waals surface area (Å²) < 4.78 is 0. The fourth-order valence-corrected chi connectivity index (χ4v) is 4.15. The Morgan fingerprint density at radius 1 is 1.52 bits per heavy atom. The Balaban J connectivity index is 1.86. The Hall–Kier alpha value is -0.650. The molecule has 4 nitrogen and oxygen atoms in total. The van der Waals surface area contributed by atoms with Gasteiger partial charge in [-0.1, -0.05) is 25.1 Å². The molecule has 1 aromatic heterocycles. The zero-order valence-corrected chi connectivity index (χ0v) is 14.0. The number of aliphatic hydroxyl groups excluding tert-OH is 1. The van der Waals surface area contributed by atoms with E-state index in [2.05, 4.69) is 22.2 Å². The molecule has 2 atom stereocenters. The van der Waals surface area contributed by atoms with Gasteiger partial charge in [-0.25, -0.2) is 9.97 Å². The standard InChI is InChI=1S/C16H27N3OS/c1-3-9-18-16(12-20)8-4-5-14(16)7-11-21-15-17-10-6-13(2)19-15/h6,10,14,18,20H,3-5,7-9,11-12H2,1-2H3. The van der Waals surface area contributed by atoms with Crippen molar-refractivity contribution >= 4 is 11.8 Å². The van der Waals surface area contributed by atoms with Crippen LogP contribution in [0.25, 0.3) is 0 Å². The van der Waals surface area contributed by atoms with Crippen LogP contribution in [0.2, 0.25) is 0 Å². The molecule has 1 aliphatic rings. The lowest BCUT2D eigenvalue weighted by Gasteiger charge is -2.35. The van der Waals surface area contributed by atoms with Crippen LogP contribution in [0.5, 0.6) is 0 Å². The molecule has 1 saturated carbocycles. The number of aliphatic hydroxyl groups is 1. The lowest BCUT2D eigenvalue weighted by molar-refractivity contribution is 0.122. The molecule has 2 unspecified atom stereocenters. The first-order valence-electron chi connectivity index (χ1n) is 7.98. The maximum absolute atomic E-state index is 9.87. The van der Waals surface area contributed by atoms with E-state index in [1.165, 1.54) is 12.8 Å². The molecule has 0 bridgehead atoms. The van der Waals surface area contributed by atoms with E-state index >= 15 is 0 Å². The lowest BCUT2D eigenvalue weighted by atomic mass is 9.85. The van der Waals surface area contributed by atoms with E-state index in [0.717, 1.165) is 42.4 Å². The van der Waals surface area contributed by atoms with Gasteiger partial charge in [0.1, 0.15) is 0 Å². The molecule has 0 radical (unpaired) electrons. The molecule has 2 rings (SSSR count). The summed E-state index contributed by atoms with van der Waals surface area (Å²) in [7, 11) is 0. The number of aromatic nitrogens is 2. The average molecular weight is 309 g/mol. The Bertz CT molecular complexity index is 443. The molecule has 0 saturated heterocycles. The first-order chi connectivity index (χ1) is 10.2. The second-order valence-corrected chi connectivity index (χ2v) is 7.01. The van der Waals surface area contributed by atoms with Crippen LogP contribution in [-0.4, -0.2) is 39.5 Å². The number of aryl methyl sites for hydroxylation is 1. The number of thioether (sulfide) groups is 1. The fourth-order valence-electron chi connectivity index (χ4n) is 3.22. The van der Waals surface area contributed by atoms with Crippen molar-refractivity contribution in [3.63, 3.8) is 0 Å². The first-order valence-corrected chi connectivity index (χ1v) is 8.97. The third-order valence-corrected chi connectivity index (χ3v) is 5.33. The summed E-state index contributed by atoms with van der Waals surface area (Å²) >= 11 is 1.72. The number of rotatable bonds is 8. The van der Waals surface area contributed by atoms with Gasteiger partial charge in [0.15, 0.2) is 5.16 Å². The fraction of sp³-hybridized carbons (Fsp3) is 0.750. The van der Waals surface area contributed by atoms with E-state index < -0.39 is 0 Å². The summed E-state index contributed by atoms with van der Waals surface area (Å²) in [6.45, 7) is 5.41. The summed E-state index contributed by atoms with van der Waals surface area (Å²) in [5, 5.41) is 14.3. The second-order valence-electron chi connectivity index (χ2n) is 5.95. The van der Waals surface area contributed by atoms with Crippen LogP contribution in [0.3, 0.4) is 0 Å². The number of hydrogen-bond acceptors (Lipinski definition) is 5. The van der Waals surface area contributed by atoms with Crippen molar-refractivity contribution in [1.82, 2.24) is 15.3 Å². The highest BCUT2D eigenvalue weighted by Crippen LogP contribution is 2.38. The van der Waals surface area contributed by atoms with Gasteiger partial charge in [0, 0.05) is 23.2 Å². The van der Waals surface area contributed by atoms with E-state index in [0.29, 0.717) is 5.92 Å². The van der Waals surface area contributed by atoms with Gasteiger partial charge >= 0.3 is 0 Å². The Labute approximate surface area is 132 Å². The van der Waals surface area contributed by atoms with Crippen molar-refractivity contribution < 1.29 is 5.11 Å². The van der Waals surface area contributed by atoms with Crippen LogP contribution >= 0.6 is 11.8 Å². The van der Waals surface area contributed by atoms with Crippen LogP contribution in [0.15, 0.2) is 17.4 Å². The van der Waals surface area contributed by atoms with Crippen molar-refractivity contribution in [2.75, 3.05) is 18.9 Å². The normalized spacial score (nSPS) is 25.4. The maximum atomic E-state index is 9.87. The quantitative estimate of drug-likeness (QED) is 0.571. The first kappa shape index (κ1) is 16.7. The Kier molecular flexibility index (Phi) is 6.45. The van der Waals surface area contributed by atoms with Gasteiger partial charge in [0.05, 0.1) is 6.61 Å². The van der Waals surface area contributed by atoms with Crippen molar-refractivity contribution in [2.24, 2.45) is 5.92 Å². The van der Waals surface area contributed by atoms with Crippen LogP contribution in [0, 0.1) is 12.8 Å². The molecule has 1 fully saturated rings. The smallest absolute Gasteiger partial charge is 0.187 e. The molecule has 1 aromatic rings. The summed E-state index contributed by atoms with van der Waals surface area (Å²) in [6, 6.07) is 1.92. The average Bonchev–Trinajstić information content (AvgIpc) is 2.89. The summed E-state index contributed by atoms with van der Waals surface area (Å²) in [5.74, 6) is 1.58. The minimum Gasteiger partial charge on any atom is -0.394 e. The molecule has 0 amide bonds. The van der Waals surface area contributed by atoms with Crippen LogP contribution < -0.4 is 5.32 Å². The van der Waals surface area contributed by atoms with Gasteiger partial charge in [-0.15, -0.1) is 0 Å². The van der Waals surface area contributed by atoms with Crippen molar-refractivity contribution in [2.45, 2.75) is 56.6 Å². The lowest BCUT2D eigenvalue weighted by Crippen LogP contribution is -2.51. The molecular formula is C16H27N3OS. The molecule has 2 N–H and O–H groups in total. The zero-order chi connectivity index (χ0) is 15.1. The molecule has 0 aromatic carbocycles. The van der Waals surface area contributed by atoms with Gasteiger partial charge in [-0.2, -0.15) is 0 Å². The minimum absolute atomic E-state index is 0.0516. The number of nitrogens with one attached hydrogen (secondary N) is 1. The SMILES string of the molecule is CCCNC1(CO)CCCC1CCSc1nccc(C)n1. The van der Waals surface area contributed by atoms with Crippen LogP contribution in [0.1, 0.15) is 44.7 Å². The third-order valence-electron chi connectivity index (χ3n) is 4.44. The van der Waals surface area contributed by atoms with Gasteiger partial charge in [0.25, 0.3) is 0 Å². The van der Waals surface area contributed by atoms with Crippen molar-refractivity contribution in [3.8, 4) is 0 Å². The minimum atomic E-state index is -0.0516. The van der Waals surface area contributed by atoms with Crippen LogP contribution in [0.4, 0.5) is 0 Å². The predicted octanol–water partition coefficient (Wildman–Crippen LogP) is 2.80. The molecule has 21 heavy (non-hydrogen) atoms. The molecule has 1 heterocycles. The largest absolute Gasteiger partial charge is 0.394 e. The molecule has 1 aliphatic carbocycles. The Morgan fingerprint density at radius 3 is 3.10 bits per heavy atom. The monoisotopic (exact) mass is 309 g/mol. The predicted molar refractivity (Wildman–Crippen MR) is 87.6 cm³/mol. The number of hydrogen-bond donors (Lipinski definition) is 2. The van der Waals surface area contributed by atoms with E-state index in [-0.39, 0.29) is 12.1 Å². The highest BCUT2D eigenvalue weighted by atomic mass is 32.2. The molecule has 5 heteroatoms. The summed E-state index contributed by atoms with van der Waals surface area (Å²) in [5.41, 5.74) is 0.965. The van der Waals surface area contributed by atoms with E-state index in [1.807, 2.05) is 19.2 Å². The van der Waals surface area contributed by atoms with Gasteiger partial charge in [-0.3, -0.25) is 0 Å². The van der Waals surface area contributed by atoms with E-state index in [9.17, 15) is 5.11 Å². The molecular weight excluding hydrogens is 282 g/mol. The highest BCUT2D eigenvalue weighted by Gasteiger charge is 2.41. The third kappa shape index (κ3) is 4.41. The van der Waals surface area contributed by atoms with Crippen LogP contribution in [-0.2, 0) is 0 Å². The topological polar surface area (TPSA) is 58.0 Å². The molecule has 0 aliphatic heterocycles. The Morgan fingerprint density at radius 2 is 2.38 bits per heavy atom. The second kappa shape index (κ2) is 8.11. The van der Waals surface area contributed by atoms with E-state index in [1.54, 1.807) is 11.8 Å². The highest BCUT2D eigenvalue weighted by molar-refractivity contribution is 7.99. The summed E-state index contributed by atoms with van der Waals surface area (Å²) in [4.78, 5) is 8.73. The number of nitrogens with zero attached hydrogens (tertiary/aromatic N) is 2. The van der Waals surface area contributed by atoms with Crippen molar-refractivity contribution in [1.29, 1.82) is 0 Å². The van der Waals surface area contributed by atoms with Gasteiger partial charge < -0.3 is 10.4 Å². The van der Waals surface area contributed by atoms with Crippen molar-refractivity contribution in [3.05, 3.63) is 18.0 Å². The maximum Gasteiger partial charge on any atom is 0.187 e. The zero-order valence-electron chi connectivity index (χ0n) is 13.1. The van der Waals surface area contributed by atoms with Gasteiger partial charge in [0.2, 0.25) is 0 Å². The van der Waals surface area contributed by atoms with Gasteiger partial charge in [-0.05, 0) is 51.1 Å². The summed E-state index contributed by atoms with van der Waals surface area (Å²) in [6.07, 6.45) is 7.57. The van der Waals surface area contributed by atoms with E-state index in [4.69, 9.17) is 0 Å². The molecule has 0 spiro atoms.